The Kier molecular flexibility index (Phi) is 4.10. The van der Waals surface area contributed by atoms with Crippen molar-refractivity contribution < 1.29 is 13.2 Å². The zero-order valence-electron chi connectivity index (χ0n) is 15.5. The van der Waals surface area contributed by atoms with E-state index in [0.717, 1.165) is 6.42 Å². The molecular weight excluding hydrogens is 362 g/mol. The first-order valence-electron chi connectivity index (χ1n) is 9.16. The fraction of sp³-hybridized carbons (Fsp3) is 0.450. The molecule has 0 spiro atoms. The van der Waals surface area contributed by atoms with E-state index in [4.69, 9.17) is 0 Å². The number of Topliss-reactive ketones (excluding diaryl/α,β-unsaturated/α-hetero) is 1. The number of hydrogen-bond donors (Lipinski definition) is 0. The van der Waals surface area contributed by atoms with Crippen molar-refractivity contribution in [1.82, 2.24) is 9.97 Å². The number of sulfonamides is 1. The number of rotatable bonds is 5. The highest BCUT2D eigenvalue weighted by molar-refractivity contribution is 7.93. The Morgan fingerprint density at radius 2 is 1.67 bits per heavy atom. The summed E-state index contributed by atoms with van der Waals surface area (Å²) in [4.78, 5) is 21.3. The van der Waals surface area contributed by atoms with E-state index in [1.54, 1.807) is 48.8 Å². The number of nitrogens with zero attached hydrogens (tertiary/aromatic N) is 3. The predicted octanol–water partition coefficient (Wildman–Crippen LogP) is 3.34. The van der Waals surface area contributed by atoms with Crippen LogP contribution in [0.25, 0.3) is 0 Å². The van der Waals surface area contributed by atoms with Gasteiger partial charge in [0.25, 0.3) is 0 Å². The van der Waals surface area contributed by atoms with Gasteiger partial charge in [-0.25, -0.2) is 22.7 Å². The lowest BCUT2D eigenvalue weighted by Gasteiger charge is -2.37. The molecule has 0 saturated heterocycles. The fourth-order valence-corrected chi connectivity index (χ4v) is 7.05. The number of carbonyl (C=O) groups is 1. The third kappa shape index (κ3) is 2.67. The van der Waals surface area contributed by atoms with E-state index in [1.165, 1.54) is 4.31 Å². The lowest BCUT2D eigenvalue weighted by Crippen LogP contribution is -2.46. The summed E-state index contributed by atoms with van der Waals surface area (Å²) in [6.07, 6.45) is 5.11. The molecule has 2 aromatic rings. The van der Waals surface area contributed by atoms with Gasteiger partial charge in [0, 0.05) is 18.8 Å². The molecule has 4 rings (SSSR count). The molecule has 2 saturated carbocycles. The highest BCUT2D eigenvalue weighted by atomic mass is 32.2. The second-order valence-electron chi connectivity index (χ2n) is 8.06. The Morgan fingerprint density at radius 3 is 2.07 bits per heavy atom. The summed E-state index contributed by atoms with van der Waals surface area (Å²) in [5, 5.41) is 0. The number of pyridine rings is 2. The van der Waals surface area contributed by atoms with Crippen molar-refractivity contribution in [1.29, 1.82) is 0 Å². The number of aromatic nitrogens is 2. The first-order valence-corrected chi connectivity index (χ1v) is 10.8. The molecule has 0 radical (unpaired) electrons. The van der Waals surface area contributed by atoms with Crippen molar-refractivity contribution in [3.63, 3.8) is 0 Å². The summed E-state index contributed by atoms with van der Waals surface area (Å²) in [7, 11) is -3.87. The van der Waals surface area contributed by atoms with Gasteiger partial charge in [-0.2, -0.15) is 0 Å². The molecule has 0 unspecified atom stereocenters. The standard InChI is InChI=1S/C20H23N3O3S/c1-19(2)15-9-10-20(19,16(24)13-15)14-27(25,26)23(17-7-3-5-11-21-17)18-8-4-6-12-22-18/h3-8,11-12,15H,9-10,13-14H2,1-2H3/t15-,20-/m1/s1. The quantitative estimate of drug-likeness (QED) is 0.789. The Morgan fingerprint density at radius 1 is 1.07 bits per heavy atom. The average molecular weight is 385 g/mol. The molecule has 2 atom stereocenters. The molecule has 2 aliphatic carbocycles. The van der Waals surface area contributed by atoms with Gasteiger partial charge in [0.15, 0.2) is 0 Å². The Labute approximate surface area is 159 Å². The molecule has 142 valence electrons. The minimum Gasteiger partial charge on any atom is -0.299 e. The van der Waals surface area contributed by atoms with Crippen LogP contribution < -0.4 is 4.31 Å². The van der Waals surface area contributed by atoms with Gasteiger partial charge in [0.2, 0.25) is 10.0 Å². The van der Waals surface area contributed by atoms with Gasteiger partial charge in [-0.05, 0) is 48.4 Å². The smallest absolute Gasteiger partial charge is 0.242 e. The molecule has 0 amide bonds. The van der Waals surface area contributed by atoms with E-state index in [-0.39, 0.29) is 34.5 Å². The summed E-state index contributed by atoms with van der Waals surface area (Å²) >= 11 is 0. The van der Waals surface area contributed by atoms with Crippen LogP contribution in [0.1, 0.15) is 33.1 Å². The van der Waals surface area contributed by atoms with Crippen LogP contribution in [0.3, 0.4) is 0 Å². The highest BCUT2D eigenvalue weighted by Crippen LogP contribution is 2.64. The minimum atomic E-state index is -3.87. The average Bonchev–Trinajstić information content (AvgIpc) is 2.97. The summed E-state index contributed by atoms with van der Waals surface area (Å²) in [6, 6.07) is 10.2. The molecule has 2 heterocycles. The van der Waals surface area contributed by atoms with Gasteiger partial charge in [-0.3, -0.25) is 4.79 Å². The number of hydrogen-bond acceptors (Lipinski definition) is 5. The van der Waals surface area contributed by atoms with Crippen molar-refractivity contribution in [2.24, 2.45) is 16.7 Å². The van der Waals surface area contributed by atoms with Crippen LogP contribution in [0.5, 0.6) is 0 Å². The van der Waals surface area contributed by atoms with E-state index >= 15 is 0 Å². The summed E-state index contributed by atoms with van der Waals surface area (Å²) < 4.78 is 28.4. The molecule has 2 aromatic heterocycles. The molecule has 2 fully saturated rings. The van der Waals surface area contributed by atoms with E-state index in [0.29, 0.717) is 12.8 Å². The first-order chi connectivity index (χ1) is 12.8. The second-order valence-corrected chi connectivity index (χ2v) is 9.88. The van der Waals surface area contributed by atoms with E-state index in [1.807, 2.05) is 13.8 Å². The van der Waals surface area contributed by atoms with Crippen molar-refractivity contribution >= 4 is 27.4 Å². The molecular formula is C20H23N3O3S. The first kappa shape index (κ1) is 18.1. The number of fused-ring (bicyclic) bond motifs is 2. The third-order valence-electron chi connectivity index (χ3n) is 6.56. The van der Waals surface area contributed by atoms with Crippen LogP contribution in [-0.4, -0.2) is 29.9 Å². The minimum absolute atomic E-state index is 0.0781. The number of anilines is 2. The lowest BCUT2D eigenvalue weighted by molar-refractivity contribution is -0.128. The second kappa shape index (κ2) is 6.12. The lowest BCUT2D eigenvalue weighted by atomic mass is 9.70. The Hall–Kier alpha value is -2.28. The van der Waals surface area contributed by atoms with E-state index < -0.39 is 15.4 Å². The van der Waals surface area contributed by atoms with Crippen LogP contribution in [0.4, 0.5) is 11.6 Å². The van der Waals surface area contributed by atoms with Crippen LogP contribution in [0.15, 0.2) is 48.8 Å². The molecule has 27 heavy (non-hydrogen) atoms. The highest BCUT2D eigenvalue weighted by Gasteiger charge is 2.65. The molecule has 7 heteroatoms. The topological polar surface area (TPSA) is 80.2 Å². The van der Waals surface area contributed by atoms with Gasteiger partial charge in [0.1, 0.15) is 17.4 Å². The third-order valence-corrected chi connectivity index (χ3v) is 8.35. The molecule has 0 aromatic carbocycles. The predicted molar refractivity (Wildman–Crippen MR) is 103 cm³/mol. The van der Waals surface area contributed by atoms with Crippen molar-refractivity contribution in [3.8, 4) is 0 Å². The summed E-state index contributed by atoms with van der Waals surface area (Å²) in [6.45, 7) is 4.08. The zero-order valence-corrected chi connectivity index (χ0v) is 16.3. The Balaban J connectivity index is 1.80. The largest absolute Gasteiger partial charge is 0.299 e. The fourth-order valence-electron chi connectivity index (χ4n) is 4.83. The van der Waals surface area contributed by atoms with Crippen molar-refractivity contribution in [2.75, 3.05) is 10.1 Å². The van der Waals surface area contributed by atoms with Crippen LogP contribution in [0, 0.1) is 16.7 Å². The van der Waals surface area contributed by atoms with E-state index in [9.17, 15) is 13.2 Å². The van der Waals surface area contributed by atoms with Crippen LogP contribution in [-0.2, 0) is 14.8 Å². The van der Waals surface area contributed by atoms with Crippen LogP contribution >= 0.6 is 0 Å². The molecule has 2 aliphatic rings. The zero-order chi connectivity index (χ0) is 19.3. The van der Waals surface area contributed by atoms with Gasteiger partial charge < -0.3 is 0 Å². The number of ketones is 1. The maximum absolute atomic E-state index is 13.6. The molecule has 0 N–H and O–H groups in total. The summed E-state index contributed by atoms with van der Waals surface area (Å²) in [5.74, 6) is 0.693. The molecule has 0 aliphatic heterocycles. The van der Waals surface area contributed by atoms with Gasteiger partial charge in [0.05, 0.1) is 11.2 Å². The Bertz CT molecular complexity index is 921. The SMILES string of the molecule is CC1(C)[C@@H]2CC[C@@]1(CS(=O)(=O)N(c1ccccn1)c1ccccn1)C(=O)C2. The number of carbonyl (C=O) groups excluding carboxylic acids is 1. The maximum atomic E-state index is 13.6. The van der Waals surface area contributed by atoms with Gasteiger partial charge >= 0.3 is 0 Å². The maximum Gasteiger partial charge on any atom is 0.242 e. The molecule has 2 bridgehead atoms. The van der Waals surface area contributed by atoms with Gasteiger partial charge in [-0.1, -0.05) is 26.0 Å². The van der Waals surface area contributed by atoms with Gasteiger partial charge in [-0.15, -0.1) is 0 Å². The van der Waals surface area contributed by atoms with Crippen LogP contribution in [0.2, 0.25) is 0 Å². The normalized spacial score (nSPS) is 26.3. The van der Waals surface area contributed by atoms with E-state index in [2.05, 4.69) is 9.97 Å². The molecule has 6 nitrogen and oxygen atoms in total. The summed E-state index contributed by atoms with van der Waals surface area (Å²) in [5.41, 5.74) is -1.16. The monoisotopic (exact) mass is 385 g/mol. The van der Waals surface area contributed by atoms with Crippen molar-refractivity contribution in [2.45, 2.75) is 33.1 Å². The van der Waals surface area contributed by atoms with Crippen molar-refractivity contribution in [3.05, 3.63) is 48.8 Å².